The third-order valence-corrected chi connectivity index (χ3v) is 3.59. The Kier molecular flexibility index (Phi) is 3.48. The van der Waals surface area contributed by atoms with E-state index >= 15 is 0 Å². The number of amides is 1. The number of carbonyl (C=O) groups excluding carboxylic acids is 1. The van der Waals surface area contributed by atoms with Gasteiger partial charge in [-0.1, -0.05) is 5.16 Å². The van der Waals surface area contributed by atoms with Crippen LogP contribution in [0.5, 0.6) is 0 Å². The molecule has 3 rings (SSSR count). The monoisotopic (exact) mass is 295 g/mol. The molecule has 0 bridgehead atoms. The highest BCUT2D eigenvalue weighted by Gasteiger charge is 2.29. The fourth-order valence-corrected chi connectivity index (χ4v) is 2.57. The molecule has 0 spiro atoms. The normalized spacial score (nSPS) is 19.3. The van der Waals surface area contributed by atoms with E-state index < -0.39 is 0 Å². The number of furan rings is 1. The summed E-state index contributed by atoms with van der Waals surface area (Å²) < 4.78 is 10.4. The number of aromatic nitrogens is 2. The van der Waals surface area contributed by atoms with Crippen LogP contribution < -0.4 is 0 Å². The van der Waals surface area contributed by atoms with Crippen molar-refractivity contribution in [1.29, 1.82) is 0 Å². The SMILES string of the molecule is Cc1noc(C2CCCN(C(=O)c3ccc(Cl)o3)C2)n1. The van der Waals surface area contributed by atoms with Crippen LogP contribution in [0, 0.1) is 6.92 Å². The van der Waals surface area contributed by atoms with E-state index in [2.05, 4.69) is 10.1 Å². The first-order valence-corrected chi connectivity index (χ1v) is 6.86. The summed E-state index contributed by atoms with van der Waals surface area (Å²) in [6.45, 7) is 3.03. The molecule has 1 aliphatic heterocycles. The highest BCUT2D eigenvalue weighted by Crippen LogP contribution is 2.27. The van der Waals surface area contributed by atoms with Crippen molar-refractivity contribution in [3.05, 3.63) is 34.8 Å². The van der Waals surface area contributed by atoms with E-state index in [1.54, 1.807) is 24.0 Å². The van der Waals surface area contributed by atoms with Gasteiger partial charge < -0.3 is 13.8 Å². The van der Waals surface area contributed by atoms with Gasteiger partial charge in [-0.3, -0.25) is 4.79 Å². The van der Waals surface area contributed by atoms with Crippen LogP contribution >= 0.6 is 11.6 Å². The van der Waals surface area contributed by atoms with Crippen molar-refractivity contribution < 1.29 is 13.7 Å². The lowest BCUT2D eigenvalue weighted by atomic mass is 9.98. The van der Waals surface area contributed by atoms with Crippen LogP contribution in [0.2, 0.25) is 5.22 Å². The Morgan fingerprint density at radius 2 is 2.35 bits per heavy atom. The Morgan fingerprint density at radius 1 is 1.50 bits per heavy atom. The van der Waals surface area contributed by atoms with E-state index in [4.69, 9.17) is 20.5 Å². The van der Waals surface area contributed by atoms with Crippen LogP contribution in [0.3, 0.4) is 0 Å². The van der Waals surface area contributed by atoms with Crippen molar-refractivity contribution in [3.8, 4) is 0 Å². The summed E-state index contributed by atoms with van der Waals surface area (Å²) in [6.07, 6.45) is 1.83. The molecule has 2 aromatic rings. The molecule has 0 aliphatic carbocycles. The summed E-state index contributed by atoms with van der Waals surface area (Å²) in [5.41, 5.74) is 0. The van der Waals surface area contributed by atoms with E-state index in [9.17, 15) is 4.79 Å². The summed E-state index contributed by atoms with van der Waals surface area (Å²) in [7, 11) is 0. The van der Waals surface area contributed by atoms with Gasteiger partial charge in [0.05, 0.1) is 5.92 Å². The van der Waals surface area contributed by atoms with Gasteiger partial charge in [-0.25, -0.2) is 0 Å². The standard InChI is InChI=1S/C13H14ClN3O3/c1-8-15-12(20-16-8)9-3-2-6-17(7-9)13(18)10-4-5-11(14)19-10/h4-5,9H,2-3,6-7H2,1H3. The van der Waals surface area contributed by atoms with Gasteiger partial charge in [0.15, 0.2) is 16.8 Å². The van der Waals surface area contributed by atoms with Gasteiger partial charge >= 0.3 is 0 Å². The number of halogens is 1. The zero-order valence-electron chi connectivity index (χ0n) is 11.0. The summed E-state index contributed by atoms with van der Waals surface area (Å²) >= 11 is 5.70. The average Bonchev–Trinajstić information content (AvgIpc) is 3.07. The van der Waals surface area contributed by atoms with E-state index in [1.807, 2.05) is 0 Å². The van der Waals surface area contributed by atoms with Crippen molar-refractivity contribution in [2.75, 3.05) is 13.1 Å². The Morgan fingerprint density at radius 3 is 3.00 bits per heavy atom. The molecule has 106 valence electrons. The summed E-state index contributed by atoms with van der Waals surface area (Å²) in [4.78, 5) is 18.3. The number of rotatable bonds is 2. The van der Waals surface area contributed by atoms with Gasteiger partial charge in [0, 0.05) is 13.1 Å². The first kappa shape index (κ1) is 13.2. The highest BCUT2D eigenvalue weighted by atomic mass is 35.5. The number of piperidine rings is 1. The molecule has 0 N–H and O–H groups in total. The van der Waals surface area contributed by atoms with Crippen molar-refractivity contribution in [1.82, 2.24) is 15.0 Å². The number of likely N-dealkylation sites (tertiary alicyclic amines) is 1. The van der Waals surface area contributed by atoms with Gasteiger partial charge in [0.1, 0.15) is 0 Å². The molecule has 2 aromatic heterocycles. The maximum absolute atomic E-state index is 12.3. The molecule has 20 heavy (non-hydrogen) atoms. The van der Waals surface area contributed by atoms with Gasteiger partial charge in [0.2, 0.25) is 5.89 Å². The van der Waals surface area contributed by atoms with E-state index in [1.165, 1.54) is 0 Å². The van der Waals surface area contributed by atoms with Crippen LogP contribution in [0.15, 0.2) is 21.1 Å². The van der Waals surface area contributed by atoms with Gasteiger partial charge in [-0.15, -0.1) is 0 Å². The van der Waals surface area contributed by atoms with E-state index in [-0.39, 0.29) is 22.8 Å². The minimum absolute atomic E-state index is 0.0827. The van der Waals surface area contributed by atoms with Crippen molar-refractivity contribution in [2.24, 2.45) is 0 Å². The Hall–Kier alpha value is -1.82. The summed E-state index contributed by atoms with van der Waals surface area (Å²) in [5.74, 6) is 1.40. The topological polar surface area (TPSA) is 72.4 Å². The van der Waals surface area contributed by atoms with Crippen LogP contribution in [0.4, 0.5) is 0 Å². The molecule has 0 aromatic carbocycles. The number of aryl methyl sites for hydroxylation is 1. The molecule has 1 fully saturated rings. The third kappa shape index (κ3) is 2.56. The quantitative estimate of drug-likeness (QED) is 0.851. The lowest BCUT2D eigenvalue weighted by Gasteiger charge is -2.30. The second-order valence-corrected chi connectivity index (χ2v) is 5.25. The third-order valence-electron chi connectivity index (χ3n) is 3.39. The predicted molar refractivity (Wildman–Crippen MR) is 70.6 cm³/mol. The molecule has 6 nitrogen and oxygen atoms in total. The maximum Gasteiger partial charge on any atom is 0.289 e. The fraction of sp³-hybridized carbons (Fsp3) is 0.462. The molecule has 0 saturated carbocycles. The first-order chi connectivity index (χ1) is 9.63. The Bertz CT molecular complexity index is 622. The van der Waals surface area contributed by atoms with Crippen LogP contribution in [0.25, 0.3) is 0 Å². The summed E-state index contributed by atoms with van der Waals surface area (Å²) in [6, 6.07) is 3.16. The Labute approximate surface area is 120 Å². The number of nitrogens with zero attached hydrogens (tertiary/aromatic N) is 3. The number of hydrogen-bond acceptors (Lipinski definition) is 5. The lowest BCUT2D eigenvalue weighted by Crippen LogP contribution is -2.39. The fourth-order valence-electron chi connectivity index (χ4n) is 2.43. The van der Waals surface area contributed by atoms with E-state index in [0.29, 0.717) is 24.8 Å². The lowest BCUT2D eigenvalue weighted by molar-refractivity contribution is 0.0663. The molecule has 1 unspecified atom stereocenters. The molecule has 0 radical (unpaired) electrons. The van der Waals surface area contributed by atoms with Crippen LogP contribution in [-0.2, 0) is 0 Å². The zero-order valence-corrected chi connectivity index (χ0v) is 11.8. The molecule has 1 aliphatic rings. The maximum atomic E-state index is 12.3. The predicted octanol–water partition coefficient (Wildman–Crippen LogP) is 2.64. The van der Waals surface area contributed by atoms with Crippen LogP contribution in [0.1, 0.15) is 41.0 Å². The average molecular weight is 296 g/mol. The van der Waals surface area contributed by atoms with Gasteiger partial charge in [-0.05, 0) is 43.5 Å². The summed E-state index contributed by atoms with van der Waals surface area (Å²) in [5, 5.41) is 4.01. The van der Waals surface area contributed by atoms with Crippen molar-refractivity contribution in [2.45, 2.75) is 25.7 Å². The van der Waals surface area contributed by atoms with Crippen LogP contribution in [-0.4, -0.2) is 34.0 Å². The Balaban J connectivity index is 1.73. The molecule has 7 heteroatoms. The van der Waals surface area contributed by atoms with Gasteiger partial charge in [-0.2, -0.15) is 4.98 Å². The first-order valence-electron chi connectivity index (χ1n) is 6.48. The second-order valence-electron chi connectivity index (χ2n) is 4.87. The van der Waals surface area contributed by atoms with Crippen molar-refractivity contribution >= 4 is 17.5 Å². The molecule has 3 heterocycles. The highest BCUT2D eigenvalue weighted by molar-refractivity contribution is 6.29. The second kappa shape index (κ2) is 5.28. The molecular weight excluding hydrogens is 282 g/mol. The zero-order chi connectivity index (χ0) is 14.1. The van der Waals surface area contributed by atoms with Gasteiger partial charge in [0.25, 0.3) is 5.91 Å². The smallest absolute Gasteiger partial charge is 0.289 e. The number of hydrogen-bond donors (Lipinski definition) is 0. The minimum Gasteiger partial charge on any atom is -0.440 e. The van der Waals surface area contributed by atoms with E-state index in [0.717, 1.165) is 12.8 Å². The van der Waals surface area contributed by atoms with Crippen molar-refractivity contribution in [3.63, 3.8) is 0 Å². The minimum atomic E-state index is -0.155. The molecule has 1 atom stereocenters. The largest absolute Gasteiger partial charge is 0.440 e. The molecule has 1 amide bonds. The molecular formula is C13H14ClN3O3. The number of carbonyl (C=O) groups is 1. The molecule has 1 saturated heterocycles.